The number of anilines is 1. The maximum atomic E-state index is 8.90. The standard InChI is InChI=1S/C22H24ClN3/c23-17-4-1-3-16(13-17)21-14-22(19-5-2-6-20(19)26-21)25-18-9-7-15(8-10-18)11-12-24/h1,3-4,13-15,18H,2,5-11H2,(H,25,26). The van der Waals surface area contributed by atoms with Gasteiger partial charge in [0.15, 0.2) is 0 Å². The first-order valence-electron chi connectivity index (χ1n) is 9.65. The molecule has 1 heterocycles. The number of nitriles is 1. The van der Waals surface area contributed by atoms with Gasteiger partial charge in [-0.2, -0.15) is 5.26 Å². The van der Waals surface area contributed by atoms with E-state index >= 15 is 0 Å². The van der Waals surface area contributed by atoms with Crippen molar-refractivity contribution in [3.8, 4) is 17.3 Å². The molecule has 0 unspecified atom stereocenters. The van der Waals surface area contributed by atoms with Gasteiger partial charge < -0.3 is 5.32 Å². The lowest BCUT2D eigenvalue weighted by Crippen LogP contribution is -2.26. The highest BCUT2D eigenvalue weighted by Crippen LogP contribution is 2.35. The Bertz CT molecular complexity index is 832. The number of rotatable bonds is 4. The zero-order valence-corrected chi connectivity index (χ0v) is 15.7. The summed E-state index contributed by atoms with van der Waals surface area (Å²) in [6, 6.07) is 13.0. The van der Waals surface area contributed by atoms with Crippen molar-refractivity contribution in [1.29, 1.82) is 5.26 Å². The maximum absolute atomic E-state index is 8.90. The summed E-state index contributed by atoms with van der Waals surface area (Å²) in [6.45, 7) is 0. The van der Waals surface area contributed by atoms with Crippen LogP contribution in [-0.4, -0.2) is 11.0 Å². The summed E-state index contributed by atoms with van der Waals surface area (Å²) >= 11 is 6.18. The van der Waals surface area contributed by atoms with E-state index in [4.69, 9.17) is 21.8 Å². The first-order valence-corrected chi connectivity index (χ1v) is 10.0. The van der Waals surface area contributed by atoms with Crippen LogP contribution in [-0.2, 0) is 12.8 Å². The first-order chi connectivity index (χ1) is 12.7. The third-order valence-electron chi connectivity index (χ3n) is 5.76. The largest absolute Gasteiger partial charge is 0.382 e. The second-order valence-electron chi connectivity index (χ2n) is 7.57. The van der Waals surface area contributed by atoms with Gasteiger partial charge >= 0.3 is 0 Å². The summed E-state index contributed by atoms with van der Waals surface area (Å²) in [5.74, 6) is 0.586. The van der Waals surface area contributed by atoms with E-state index in [2.05, 4.69) is 23.5 Å². The zero-order valence-electron chi connectivity index (χ0n) is 15.0. The van der Waals surface area contributed by atoms with E-state index in [0.29, 0.717) is 18.4 Å². The number of hydrogen-bond acceptors (Lipinski definition) is 3. The van der Waals surface area contributed by atoms with Gasteiger partial charge in [0.05, 0.1) is 11.8 Å². The van der Waals surface area contributed by atoms with Crippen molar-refractivity contribution >= 4 is 17.3 Å². The van der Waals surface area contributed by atoms with Crippen LogP contribution >= 0.6 is 11.6 Å². The smallest absolute Gasteiger partial charge is 0.0726 e. The number of fused-ring (bicyclic) bond motifs is 1. The summed E-state index contributed by atoms with van der Waals surface area (Å²) in [5, 5.41) is 13.5. The van der Waals surface area contributed by atoms with Gasteiger partial charge in [0.1, 0.15) is 0 Å². The lowest BCUT2D eigenvalue weighted by molar-refractivity contribution is 0.342. The van der Waals surface area contributed by atoms with E-state index in [0.717, 1.165) is 54.8 Å². The highest BCUT2D eigenvalue weighted by atomic mass is 35.5. The SMILES string of the molecule is N#CCC1CCC(Nc2cc(-c3cccc(Cl)c3)nc3c2CCC3)CC1. The molecule has 0 radical (unpaired) electrons. The van der Waals surface area contributed by atoms with Crippen LogP contribution in [0.3, 0.4) is 0 Å². The second kappa shape index (κ2) is 7.68. The number of aromatic nitrogens is 1. The number of aryl methyl sites for hydroxylation is 1. The van der Waals surface area contributed by atoms with Gasteiger partial charge in [0.2, 0.25) is 0 Å². The van der Waals surface area contributed by atoms with Crippen LogP contribution in [0, 0.1) is 17.2 Å². The highest BCUT2D eigenvalue weighted by molar-refractivity contribution is 6.30. The molecule has 26 heavy (non-hydrogen) atoms. The normalized spacial score (nSPS) is 21.8. The van der Waals surface area contributed by atoms with Crippen LogP contribution in [0.25, 0.3) is 11.3 Å². The van der Waals surface area contributed by atoms with Gasteiger partial charge in [-0.25, -0.2) is 0 Å². The summed E-state index contributed by atoms with van der Waals surface area (Å²) < 4.78 is 0. The molecule has 134 valence electrons. The Morgan fingerprint density at radius 3 is 2.77 bits per heavy atom. The summed E-state index contributed by atoms with van der Waals surface area (Å²) in [6.07, 6.45) is 8.67. The molecule has 1 aromatic carbocycles. The Kier molecular flexibility index (Phi) is 5.13. The molecule has 0 saturated heterocycles. The fraction of sp³-hybridized carbons (Fsp3) is 0.455. The van der Waals surface area contributed by atoms with Crippen LogP contribution in [0.5, 0.6) is 0 Å². The summed E-state index contributed by atoms with van der Waals surface area (Å²) in [7, 11) is 0. The lowest BCUT2D eigenvalue weighted by Gasteiger charge is -2.29. The molecule has 1 fully saturated rings. The van der Waals surface area contributed by atoms with Gasteiger partial charge in [-0.1, -0.05) is 23.7 Å². The van der Waals surface area contributed by atoms with Gasteiger partial charge in [-0.05, 0) is 74.6 Å². The topological polar surface area (TPSA) is 48.7 Å². The molecule has 4 heteroatoms. The lowest BCUT2D eigenvalue weighted by atomic mass is 9.84. The fourth-order valence-corrected chi connectivity index (χ4v) is 4.52. The molecule has 2 aliphatic carbocycles. The number of benzene rings is 1. The van der Waals surface area contributed by atoms with Crippen molar-refractivity contribution in [3.63, 3.8) is 0 Å². The van der Waals surface area contributed by atoms with Gasteiger partial charge in [-0.3, -0.25) is 4.98 Å². The monoisotopic (exact) mass is 365 g/mol. The third kappa shape index (κ3) is 3.71. The Balaban J connectivity index is 1.57. The van der Waals surface area contributed by atoms with Gasteiger partial charge in [0, 0.05) is 34.4 Å². The van der Waals surface area contributed by atoms with Crippen molar-refractivity contribution in [2.24, 2.45) is 5.92 Å². The van der Waals surface area contributed by atoms with E-state index in [-0.39, 0.29) is 0 Å². The number of pyridine rings is 1. The molecule has 0 atom stereocenters. The van der Waals surface area contributed by atoms with E-state index in [9.17, 15) is 0 Å². The molecule has 1 N–H and O–H groups in total. The Labute approximate surface area is 160 Å². The molecule has 4 rings (SSSR count). The van der Waals surface area contributed by atoms with Crippen LogP contribution in [0.15, 0.2) is 30.3 Å². The Morgan fingerprint density at radius 1 is 1.15 bits per heavy atom. The van der Waals surface area contributed by atoms with Crippen molar-refractivity contribution in [1.82, 2.24) is 4.98 Å². The van der Waals surface area contributed by atoms with Gasteiger partial charge in [-0.15, -0.1) is 0 Å². The molecule has 0 spiro atoms. The summed E-state index contributed by atoms with van der Waals surface area (Å²) in [5.41, 5.74) is 5.98. The fourth-order valence-electron chi connectivity index (χ4n) is 4.33. The Morgan fingerprint density at radius 2 is 2.00 bits per heavy atom. The molecule has 1 aromatic heterocycles. The quantitative estimate of drug-likeness (QED) is 0.747. The molecule has 3 nitrogen and oxygen atoms in total. The minimum atomic E-state index is 0.504. The number of nitrogens with zero attached hydrogens (tertiary/aromatic N) is 2. The van der Waals surface area contributed by atoms with Crippen LogP contribution in [0.4, 0.5) is 5.69 Å². The van der Waals surface area contributed by atoms with Crippen molar-refractivity contribution in [2.45, 2.75) is 57.4 Å². The average Bonchev–Trinajstić information content (AvgIpc) is 3.12. The molecule has 0 bridgehead atoms. The van der Waals surface area contributed by atoms with E-state index in [1.165, 1.54) is 23.4 Å². The zero-order chi connectivity index (χ0) is 17.9. The molecule has 2 aliphatic rings. The van der Waals surface area contributed by atoms with Crippen LogP contribution in [0.1, 0.15) is 49.8 Å². The predicted molar refractivity (Wildman–Crippen MR) is 106 cm³/mol. The number of nitrogens with one attached hydrogen (secondary N) is 1. The maximum Gasteiger partial charge on any atom is 0.0726 e. The number of hydrogen-bond donors (Lipinski definition) is 1. The van der Waals surface area contributed by atoms with E-state index < -0.39 is 0 Å². The predicted octanol–water partition coefficient (Wildman–Crippen LogP) is 5.78. The molecule has 1 saturated carbocycles. The minimum Gasteiger partial charge on any atom is -0.382 e. The van der Waals surface area contributed by atoms with Crippen molar-refractivity contribution in [2.75, 3.05) is 5.32 Å². The molecular weight excluding hydrogens is 342 g/mol. The minimum absolute atomic E-state index is 0.504. The highest BCUT2D eigenvalue weighted by Gasteiger charge is 2.24. The third-order valence-corrected chi connectivity index (χ3v) is 5.99. The Hall–Kier alpha value is -2.05. The molecule has 0 aliphatic heterocycles. The molecular formula is C22H24ClN3. The van der Waals surface area contributed by atoms with Crippen LogP contribution in [0.2, 0.25) is 5.02 Å². The van der Waals surface area contributed by atoms with Crippen molar-refractivity contribution in [3.05, 3.63) is 46.6 Å². The van der Waals surface area contributed by atoms with E-state index in [1.807, 2.05) is 18.2 Å². The molecule has 0 amide bonds. The average molecular weight is 366 g/mol. The number of halogens is 1. The van der Waals surface area contributed by atoms with Crippen molar-refractivity contribution < 1.29 is 0 Å². The van der Waals surface area contributed by atoms with Gasteiger partial charge in [0.25, 0.3) is 0 Å². The summed E-state index contributed by atoms with van der Waals surface area (Å²) in [4.78, 5) is 4.92. The molecule has 2 aromatic rings. The van der Waals surface area contributed by atoms with E-state index in [1.54, 1.807) is 0 Å². The second-order valence-corrected chi connectivity index (χ2v) is 8.00. The van der Waals surface area contributed by atoms with Crippen LogP contribution < -0.4 is 5.32 Å². The first kappa shape index (κ1) is 17.4.